The Bertz CT molecular complexity index is 371. The Labute approximate surface area is 86.1 Å². The van der Waals surface area contributed by atoms with Crippen molar-refractivity contribution < 1.29 is 19.1 Å². The zero-order valence-corrected chi connectivity index (χ0v) is 7.97. The SMILES string of the molecule is O=C(O)[C@H]1C[C@H]1C(=O)NCc1ccco1. The molecule has 0 aromatic carbocycles. The number of hydrogen-bond donors (Lipinski definition) is 2. The van der Waals surface area contributed by atoms with Gasteiger partial charge in [-0.3, -0.25) is 9.59 Å². The first-order valence-electron chi connectivity index (χ1n) is 4.71. The maximum atomic E-state index is 11.4. The van der Waals surface area contributed by atoms with Crippen LogP contribution in [0, 0.1) is 11.8 Å². The number of rotatable bonds is 4. The first-order chi connectivity index (χ1) is 7.18. The van der Waals surface area contributed by atoms with E-state index in [0.29, 0.717) is 18.7 Å². The van der Waals surface area contributed by atoms with Crippen LogP contribution in [0.5, 0.6) is 0 Å². The minimum absolute atomic E-state index is 0.209. The van der Waals surface area contributed by atoms with Gasteiger partial charge in [0.15, 0.2) is 0 Å². The van der Waals surface area contributed by atoms with Gasteiger partial charge in [0.05, 0.1) is 24.6 Å². The van der Waals surface area contributed by atoms with Gasteiger partial charge in [-0.2, -0.15) is 0 Å². The fraction of sp³-hybridized carbons (Fsp3) is 0.400. The first kappa shape index (κ1) is 9.76. The molecule has 5 nitrogen and oxygen atoms in total. The van der Waals surface area contributed by atoms with Gasteiger partial charge in [-0.15, -0.1) is 0 Å². The van der Waals surface area contributed by atoms with Crippen LogP contribution in [0.4, 0.5) is 0 Å². The summed E-state index contributed by atoms with van der Waals surface area (Å²) in [5.74, 6) is -1.30. The minimum Gasteiger partial charge on any atom is -0.481 e. The fourth-order valence-corrected chi connectivity index (χ4v) is 1.48. The predicted molar refractivity (Wildman–Crippen MR) is 49.8 cm³/mol. The topological polar surface area (TPSA) is 79.5 Å². The average Bonchev–Trinajstić information content (AvgIpc) is 2.85. The van der Waals surface area contributed by atoms with Gasteiger partial charge in [0.1, 0.15) is 5.76 Å². The van der Waals surface area contributed by atoms with Gasteiger partial charge < -0.3 is 14.8 Å². The lowest BCUT2D eigenvalue weighted by molar-refractivity contribution is -0.140. The highest BCUT2D eigenvalue weighted by Crippen LogP contribution is 2.38. The summed E-state index contributed by atoms with van der Waals surface area (Å²) < 4.78 is 5.03. The molecule has 2 N–H and O–H groups in total. The van der Waals surface area contributed by atoms with Crippen LogP contribution < -0.4 is 5.32 Å². The monoisotopic (exact) mass is 209 g/mol. The van der Waals surface area contributed by atoms with Crippen molar-refractivity contribution in [1.82, 2.24) is 5.32 Å². The van der Waals surface area contributed by atoms with Crippen molar-refractivity contribution >= 4 is 11.9 Å². The summed E-state index contributed by atoms with van der Waals surface area (Å²) in [7, 11) is 0. The molecule has 0 unspecified atom stereocenters. The van der Waals surface area contributed by atoms with E-state index in [1.165, 1.54) is 6.26 Å². The molecular weight excluding hydrogens is 198 g/mol. The number of aliphatic carboxylic acids is 1. The summed E-state index contributed by atoms with van der Waals surface area (Å²) in [6.07, 6.45) is 1.97. The standard InChI is InChI=1S/C10H11NO4/c12-9(7-4-8(7)10(13)14)11-5-6-2-1-3-15-6/h1-3,7-8H,4-5H2,(H,11,12)(H,13,14)/t7-,8+/m1/s1. The normalized spacial score (nSPS) is 23.5. The lowest BCUT2D eigenvalue weighted by Gasteiger charge is -2.00. The maximum Gasteiger partial charge on any atom is 0.307 e. The highest BCUT2D eigenvalue weighted by Gasteiger charge is 2.48. The highest BCUT2D eigenvalue weighted by atomic mass is 16.4. The molecular formula is C10H11NO4. The van der Waals surface area contributed by atoms with E-state index in [-0.39, 0.29) is 11.8 Å². The van der Waals surface area contributed by atoms with Crippen LogP contribution in [-0.4, -0.2) is 17.0 Å². The van der Waals surface area contributed by atoms with Crippen LogP contribution in [0.3, 0.4) is 0 Å². The van der Waals surface area contributed by atoms with Gasteiger partial charge in [-0.05, 0) is 18.6 Å². The van der Waals surface area contributed by atoms with Crippen molar-refractivity contribution in [3.63, 3.8) is 0 Å². The average molecular weight is 209 g/mol. The summed E-state index contributed by atoms with van der Waals surface area (Å²) in [5.41, 5.74) is 0. The third kappa shape index (κ3) is 2.18. The highest BCUT2D eigenvalue weighted by molar-refractivity contribution is 5.89. The largest absolute Gasteiger partial charge is 0.481 e. The number of amides is 1. The molecule has 1 amide bonds. The van der Waals surface area contributed by atoms with E-state index in [9.17, 15) is 9.59 Å². The van der Waals surface area contributed by atoms with Crippen molar-refractivity contribution in [3.8, 4) is 0 Å². The van der Waals surface area contributed by atoms with Gasteiger partial charge in [0, 0.05) is 0 Å². The molecule has 0 saturated heterocycles. The predicted octanol–water partition coefficient (Wildman–Crippen LogP) is 0.616. The number of hydrogen-bond acceptors (Lipinski definition) is 3. The van der Waals surface area contributed by atoms with E-state index >= 15 is 0 Å². The summed E-state index contributed by atoms with van der Waals surface area (Å²) in [6.45, 7) is 0.314. The second-order valence-electron chi connectivity index (χ2n) is 3.58. The zero-order valence-electron chi connectivity index (χ0n) is 7.97. The Hall–Kier alpha value is -1.78. The Balaban J connectivity index is 1.77. The third-order valence-corrected chi connectivity index (χ3v) is 2.46. The molecule has 2 rings (SSSR count). The molecule has 1 aromatic heterocycles. The van der Waals surface area contributed by atoms with Crippen molar-refractivity contribution in [2.45, 2.75) is 13.0 Å². The van der Waals surface area contributed by atoms with Crippen LogP contribution in [0.1, 0.15) is 12.2 Å². The van der Waals surface area contributed by atoms with Crippen LogP contribution in [0.15, 0.2) is 22.8 Å². The summed E-state index contributed by atoms with van der Waals surface area (Å²) in [4.78, 5) is 21.9. The van der Waals surface area contributed by atoms with Crippen LogP contribution in [0.2, 0.25) is 0 Å². The Kier molecular flexibility index (Phi) is 2.45. The molecule has 2 atom stereocenters. The summed E-state index contributed by atoms with van der Waals surface area (Å²) in [5, 5.41) is 11.3. The molecule has 1 aromatic rings. The third-order valence-electron chi connectivity index (χ3n) is 2.46. The lowest BCUT2D eigenvalue weighted by Crippen LogP contribution is -2.25. The minimum atomic E-state index is -0.895. The van der Waals surface area contributed by atoms with Crippen LogP contribution in [-0.2, 0) is 16.1 Å². The first-order valence-corrected chi connectivity index (χ1v) is 4.71. The molecule has 1 saturated carbocycles. The van der Waals surface area contributed by atoms with E-state index in [0.717, 1.165) is 0 Å². The molecule has 1 aliphatic rings. The lowest BCUT2D eigenvalue weighted by atomic mass is 10.3. The molecule has 5 heteroatoms. The Morgan fingerprint density at radius 3 is 2.87 bits per heavy atom. The van der Waals surface area contributed by atoms with E-state index in [2.05, 4.69) is 5.32 Å². The van der Waals surface area contributed by atoms with Gasteiger partial charge in [0.2, 0.25) is 5.91 Å². The van der Waals surface area contributed by atoms with Gasteiger partial charge >= 0.3 is 5.97 Å². The van der Waals surface area contributed by atoms with Crippen LogP contribution in [0.25, 0.3) is 0 Å². The summed E-state index contributed by atoms with van der Waals surface area (Å²) >= 11 is 0. The number of nitrogens with one attached hydrogen (secondary N) is 1. The second-order valence-corrected chi connectivity index (χ2v) is 3.58. The molecule has 0 aliphatic heterocycles. The van der Waals surface area contributed by atoms with Crippen molar-refractivity contribution in [2.24, 2.45) is 11.8 Å². The smallest absolute Gasteiger partial charge is 0.307 e. The molecule has 80 valence electrons. The molecule has 1 fully saturated rings. The van der Waals surface area contributed by atoms with Crippen LogP contribution >= 0.6 is 0 Å². The molecule has 1 heterocycles. The van der Waals surface area contributed by atoms with Gasteiger partial charge in [-0.1, -0.05) is 0 Å². The van der Waals surface area contributed by atoms with Crippen molar-refractivity contribution in [1.29, 1.82) is 0 Å². The zero-order chi connectivity index (χ0) is 10.8. The van der Waals surface area contributed by atoms with E-state index in [1.54, 1.807) is 12.1 Å². The molecule has 0 radical (unpaired) electrons. The van der Waals surface area contributed by atoms with Gasteiger partial charge in [0.25, 0.3) is 0 Å². The number of carbonyl (C=O) groups is 2. The maximum absolute atomic E-state index is 11.4. The van der Waals surface area contributed by atoms with E-state index < -0.39 is 11.9 Å². The molecule has 0 bridgehead atoms. The Morgan fingerprint density at radius 1 is 1.53 bits per heavy atom. The number of carbonyl (C=O) groups excluding carboxylic acids is 1. The summed E-state index contributed by atoms with van der Waals surface area (Å²) in [6, 6.07) is 3.49. The Morgan fingerprint density at radius 2 is 2.33 bits per heavy atom. The molecule has 15 heavy (non-hydrogen) atoms. The quantitative estimate of drug-likeness (QED) is 0.761. The van der Waals surface area contributed by atoms with E-state index in [4.69, 9.17) is 9.52 Å². The molecule has 0 spiro atoms. The van der Waals surface area contributed by atoms with E-state index in [1.807, 2.05) is 0 Å². The second kappa shape index (κ2) is 3.76. The fourth-order valence-electron chi connectivity index (χ4n) is 1.48. The number of carboxylic acid groups (broad SMARTS) is 1. The molecule has 1 aliphatic carbocycles. The number of furan rings is 1. The van der Waals surface area contributed by atoms with Crippen molar-refractivity contribution in [3.05, 3.63) is 24.2 Å². The number of carboxylic acids is 1. The van der Waals surface area contributed by atoms with Crippen molar-refractivity contribution in [2.75, 3.05) is 0 Å². The van der Waals surface area contributed by atoms with Gasteiger partial charge in [-0.25, -0.2) is 0 Å².